The number of fused-ring (bicyclic) bond motifs is 1. The van der Waals surface area contributed by atoms with E-state index in [0.29, 0.717) is 16.7 Å². The number of carbonyl (C=O) groups excluding carboxylic acids is 1. The molecule has 0 saturated heterocycles. The van der Waals surface area contributed by atoms with Crippen molar-refractivity contribution in [1.82, 2.24) is 0 Å². The van der Waals surface area contributed by atoms with Gasteiger partial charge in [0.05, 0.1) is 0 Å². The molecule has 1 aromatic heterocycles. The van der Waals surface area contributed by atoms with Gasteiger partial charge in [0.2, 0.25) is 5.78 Å². The number of carbonyl (C=O) groups is 1. The molecule has 0 N–H and O–H groups in total. The first-order chi connectivity index (χ1) is 7.08. The molecule has 0 radical (unpaired) electrons. The third kappa shape index (κ3) is 1.77. The number of ketones is 1. The summed E-state index contributed by atoms with van der Waals surface area (Å²) in [5.41, 5.74) is 0.542. The lowest BCUT2D eigenvalue weighted by Crippen LogP contribution is -2.05. The van der Waals surface area contributed by atoms with Gasteiger partial charge in [-0.1, -0.05) is 13.8 Å². The van der Waals surface area contributed by atoms with Gasteiger partial charge in [-0.15, -0.1) is 0 Å². The number of rotatable bonds is 2. The molecule has 0 atom stereocenters. The van der Waals surface area contributed by atoms with Gasteiger partial charge in [-0.05, 0) is 24.3 Å². The topological polar surface area (TPSA) is 30.2 Å². The predicted molar refractivity (Wildman–Crippen MR) is 55.3 cm³/mol. The molecule has 0 unspecified atom stereocenters. The van der Waals surface area contributed by atoms with Gasteiger partial charge in [0.25, 0.3) is 0 Å². The third-order valence-electron chi connectivity index (χ3n) is 2.25. The summed E-state index contributed by atoms with van der Waals surface area (Å²) in [4.78, 5) is 11.6. The summed E-state index contributed by atoms with van der Waals surface area (Å²) >= 11 is 0. The molecular formula is C12H11FO2. The summed E-state index contributed by atoms with van der Waals surface area (Å²) < 4.78 is 18.2. The van der Waals surface area contributed by atoms with Crippen LogP contribution in [0.3, 0.4) is 0 Å². The second-order valence-corrected chi connectivity index (χ2v) is 3.81. The van der Waals surface area contributed by atoms with Crippen LogP contribution in [-0.4, -0.2) is 5.78 Å². The van der Waals surface area contributed by atoms with E-state index in [1.807, 2.05) is 0 Å². The van der Waals surface area contributed by atoms with Gasteiger partial charge < -0.3 is 4.42 Å². The smallest absolute Gasteiger partial charge is 0.200 e. The number of furan rings is 1. The minimum Gasteiger partial charge on any atom is -0.453 e. The molecule has 0 aliphatic carbocycles. The number of hydrogen-bond donors (Lipinski definition) is 0. The normalized spacial score (nSPS) is 11.2. The lowest BCUT2D eigenvalue weighted by Gasteiger charge is -1.97. The molecule has 78 valence electrons. The van der Waals surface area contributed by atoms with E-state index < -0.39 is 0 Å². The van der Waals surface area contributed by atoms with Crippen LogP contribution in [0.1, 0.15) is 24.4 Å². The van der Waals surface area contributed by atoms with Crippen molar-refractivity contribution < 1.29 is 13.6 Å². The SMILES string of the molecule is CC(C)C(=O)c1cc2cc(F)ccc2o1. The third-order valence-corrected chi connectivity index (χ3v) is 2.25. The standard InChI is InChI=1S/C12H11FO2/c1-7(2)12(14)11-6-8-5-9(13)3-4-10(8)15-11/h3-7H,1-2H3. The minimum absolute atomic E-state index is 0.0633. The molecular weight excluding hydrogens is 195 g/mol. The van der Waals surface area contributed by atoms with Crippen LogP contribution in [0.4, 0.5) is 4.39 Å². The minimum atomic E-state index is -0.327. The van der Waals surface area contributed by atoms with Crippen LogP contribution < -0.4 is 0 Å². The molecule has 0 aliphatic heterocycles. The van der Waals surface area contributed by atoms with E-state index in [4.69, 9.17) is 4.42 Å². The maximum atomic E-state index is 12.9. The molecule has 1 aromatic carbocycles. The van der Waals surface area contributed by atoms with Crippen LogP contribution in [0.5, 0.6) is 0 Å². The van der Waals surface area contributed by atoms with Crippen molar-refractivity contribution >= 4 is 16.8 Å². The zero-order chi connectivity index (χ0) is 11.0. The molecule has 0 amide bonds. The fourth-order valence-electron chi connectivity index (χ4n) is 1.42. The average molecular weight is 206 g/mol. The van der Waals surface area contributed by atoms with Crippen LogP contribution in [0, 0.1) is 11.7 Å². The highest BCUT2D eigenvalue weighted by molar-refractivity contribution is 5.98. The van der Waals surface area contributed by atoms with Crippen molar-refractivity contribution in [2.24, 2.45) is 5.92 Å². The van der Waals surface area contributed by atoms with Crippen LogP contribution in [0.25, 0.3) is 11.0 Å². The first-order valence-corrected chi connectivity index (χ1v) is 4.81. The van der Waals surface area contributed by atoms with Crippen LogP contribution in [-0.2, 0) is 0 Å². The van der Waals surface area contributed by atoms with Crippen molar-refractivity contribution in [2.75, 3.05) is 0 Å². The summed E-state index contributed by atoms with van der Waals surface area (Å²) in [5.74, 6) is -0.209. The van der Waals surface area contributed by atoms with Crippen LogP contribution >= 0.6 is 0 Å². The highest BCUT2D eigenvalue weighted by Gasteiger charge is 2.15. The number of hydrogen-bond acceptors (Lipinski definition) is 2. The first-order valence-electron chi connectivity index (χ1n) is 4.81. The zero-order valence-electron chi connectivity index (χ0n) is 8.58. The fraction of sp³-hybridized carbons (Fsp3) is 0.250. The second-order valence-electron chi connectivity index (χ2n) is 3.81. The Morgan fingerprint density at radius 3 is 2.73 bits per heavy atom. The van der Waals surface area contributed by atoms with Gasteiger partial charge in [0, 0.05) is 11.3 Å². The monoisotopic (exact) mass is 206 g/mol. The molecule has 3 heteroatoms. The molecule has 1 heterocycles. The Bertz CT molecular complexity index is 511. The van der Waals surface area contributed by atoms with Gasteiger partial charge in [-0.25, -0.2) is 4.39 Å². The van der Waals surface area contributed by atoms with E-state index in [2.05, 4.69) is 0 Å². The number of benzene rings is 1. The van der Waals surface area contributed by atoms with Crippen molar-refractivity contribution in [3.8, 4) is 0 Å². The van der Waals surface area contributed by atoms with Gasteiger partial charge >= 0.3 is 0 Å². The Morgan fingerprint density at radius 1 is 1.33 bits per heavy atom. The number of Topliss-reactive ketones (excluding diaryl/α,β-unsaturated/α-hetero) is 1. The summed E-state index contributed by atoms with van der Waals surface area (Å²) in [7, 11) is 0. The second kappa shape index (κ2) is 3.50. The van der Waals surface area contributed by atoms with Crippen LogP contribution in [0.15, 0.2) is 28.7 Å². The molecule has 0 fully saturated rings. The summed E-state index contributed by atoms with van der Waals surface area (Å²) in [6.45, 7) is 3.60. The van der Waals surface area contributed by atoms with Gasteiger partial charge in [0.1, 0.15) is 11.4 Å². The fourth-order valence-corrected chi connectivity index (χ4v) is 1.42. The van der Waals surface area contributed by atoms with E-state index in [1.165, 1.54) is 18.2 Å². The Morgan fingerprint density at radius 2 is 2.07 bits per heavy atom. The van der Waals surface area contributed by atoms with Gasteiger partial charge in [-0.3, -0.25) is 4.79 Å². The Balaban J connectivity index is 2.52. The van der Waals surface area contributed by atoms with Crippen molar-refractivity contribution in [2.45, 2.75) is 13.8 Å². The lowest BCUT2D eigenvalue weighted by molar-refractivity contribution is 0.0913. The van der Waals surface area contributed by atoms with E-state index in [1.54, 1.807) is 19.9 Å². The van der Waals surface area contributed by atoms with E-state index in [9.17, 15) is 9.18 Å². The predicted octanol–water partition coefficient (Wildman–Crippen LogP) is 3.41. The largest absolute Gasteiger partial charge is 0.453 e. The lowest BCUT2D eigenvalue weighted by atomic mass is 10.1. The van der Waals surface area contributed by atoms with E-state index >= 15 is 0 Å². The molecule has 2 nitrogen and oxygen atoms in total. The molecule has 15 heavy (non-hydrogen) atoms. The highest BCUT2D eigenvalue weighted by Crippen LogP contribution is 2.22. The van der Waals surface area contributed by atoms with E-state index in [-0.39, 0.29) is 17.5 Å². The Labute approximate surface area is 86.7 Å². The number of halogens is 1. The highest BCUT2D eigenvalue weighted by atomic mass is 19.1. The molecule has 2 aromatic rings. The zero-order valence-corrected chi connectivity index (χ0v) is 8.58. The summed E-state index contributed by atoms with van der Waals surface area (Å²) in [6, 6.07) is 5.79. The van der Waals surface area contributed by atoms with Crippen LogP contribution in [0.2, 0.25) is 0 Å². The molecule has 0 saturated carbocycles. The first kappa shape index (κ1) is 9.90. The Kier molecular flexibility index (Phi) is 2.31. The van der Waals surface area contributed by atoms with Crippen molar-refractivity contribution in [1.29, 1.82) is 0 Å². The van der Waals surface area contributed by atoms with Gasteiger partial charge in [-0.2, -0.15) is 0 Å². The quantitative estimate of drug-likeness (QED) is 0.705. The summed E-state index contributed by atoms with van der Waals surface area (Å²) in [6.07, 6.45) is 0. The molecule has 2 rings (SSSR count). The summed E-state index contributed by atoms with van der Waals surface area (Å²) in [5, 5.41) is 0.624. The van der Waals surface area contributed by atoms with Gasteiger partial charge in [0.15, 0.2) is 5.76 Å². The average Bonchev–Trinajstić information content (AvgIpc) is 2.58. The Hall–Kier alpha value is -1.64. The van der Waals surface area contributed by atoms with E-state index in [0.717, 1.165) is 0 Å². The maximum Gasteiger partial charge on any atom is 0.200 e. The molecule has 0 spiro atoms. The molecule has 0 bridgehead atoms. The molecule has 0 aliphatic rings. The van der Waals surface area contributed by atoms with Crippen molar-refractivity contribution in [3.05, 3.63) is 35.8 Å². The van der Waals surface area contributed by atoms with Crippen molar-refractivity contribution in [3.63, 3.8) is 0 Å². The maximum absolute atomic E-state index is 12.9.